The third-order valence-electron chi connectivity index (χ3n) is 3.34. The van der Waals surface area contributed by atoms with Gasteiger partial charge in [-0.1, -0.05) is 29.4 Å². The van der Waals surface area contributed by atoms with Crippen molar-refractivity contribution in [2.45, 2.75) is 20.0 Å². The highest BCUT2D eigenvalue weighted by molar-refractivity contribution is 5.97. The molecule has 24 heavy (non-hydrogen) atoms. The Morgan fingerprint density at radius 1 is 1.21 bits per heavy atom. The molecule has 0 radical (unpaired) electrons. The summed E-state index contributed by atoms with van der Waals surface area (Å²) in [7, 11) is 0. The summed E-state index contributed by atoms with van der Waals surface area (Å²) >= 11 is 0. The Labute approximate surface area is 137 Å². The second-order valence-corrected chi connectivity index (χ2v) is 5.25. The van der Waals surface area contributed by atoms with Gasteiger partial charge in [-0.05, 0) is 26.0 Å². The first-order chi connectivity index (χ1) is 11.5. The van der Waals surface area contributed by atoms with Crippen LogP contribution in [-0.4, -0.2) is 28.1 Å². The summed E-state index contributed by atoms with van der Waals surface area (Å²) < 4.78 is 10.0. The number of hydrogen-bond donors (Lipinski definition) is 1. The number of rotatable bonds is 4. The van der Waals surface area contributed by atoms with E-state index in [9.17, 15) is 9.59 Å². The number of para-hydroxylation sites is 1. The molecule has 0 aliphatic rings. The molecule has 0 bridgehead atoms. The van der Waals surface area contributed by atoms with Crippen LogP contribution in [0.1, 0.15) is 23.2 Å². The quantitative estimate of drug-likeness (QED) is 0.741. The summed E-state index contributed by atoms with van der Waals surface area (Å²) in [5.74, 6) is -0.336. The highest BCUT2D eigenvalue weighted by Gasteiger charge is 2.21. The van der Waals surface area contributed by atoms with Gasteiger partial charge < -0.3 is 14.6 Å². The Balaban J connectivity index is 1.67. The van der Waals surface area contributed by atoms with Crippen molar-refractivity contribution in [2.24, 2.45) is 0 Å². The van der Waals surface area contributed by atoms with Crippen molar-refractivity contribution in [3.8, 4) is 0 Å². The summed E-state index contributed by atoms with van der Waals surface area (Å²) in [6.45, 7) is 3.18. The minimum absolute atomic E-state index is 0.144. The molecule has 122 valence electrons. The van der Waals surface area contributed by atoms with E-state index in [1.165, 1.54) is 6.92 Å². The summed E-state index contributed by atoms with van der Waals surface area (Å²) in [6, 6.07) is 12.3. The molecule has 1 atom stereocenters. The van der Waals surface area contributed by atoms with Crippen LogP contribution < -0.4 is 5.32 Å². The maximum Gasteiger partial charge on any atom is 0.357 e. The van der Waals surface area contributed by atoms with Crippen molar-refractivity contribution < 1.29 is 18.8 Å². The summed E-state index contributed by atoms with van der Waals surface area (Å²) in [6.07, 6.45) is -0.997. The van der Waals surface area contributed by atoms with Gasteiger partial charge in [-0.3, -0.25) is 4.79 Å². The number of carbonyl (C=O) groups excluding carboxylic acids is 2. The minimum atomic E-state index is -0.997. The van der Waals surface area contributed by atoms with Gasteiger partial charge in [0, 0.05) is 11.5 Å². The number of esters is 1. The Bertz CT molecular complexity index is 903. The molecule has 0 saturated carbocycles. The summed E-state index contributed by atoms with van der Waals surface area (Å²) in [4.78, 5) is 28.4. The van der Waals surface area contributed by atoms with E-state index in [2.05, 4.69) is 15.5 Å². The third kappa shape index (κ3) is 3.40. The first-order valence-electron chi connectivity index (χ1n) is 7.34. The van der Waals surface area contributed by atoms with Crippen LogP contribution in [0.25, 0.3) is 10.9 Å². The number of pyridine rings is 1. The number of benzene rings is 1. The van der Waals surface area contributed by atoms with E-state index in [4.69, 9.17) is 9.26 Å². The van der Waals surface area contributed by atoms with Crippen molar-refractivity contribution in [2.75, 3.05) is 5.32 Å². The molecule has 3 aromatic rings. The number of nitrogens with one attached hydrogen (secondary N) is 1. The van der Waals surface area contributed by atoms with Crippen LogP contribution in [0.3, 0.4) is 0 Å². The van der Waals surface area contributed by atoms with Crippen molar-refractivity contribution in [3.05, 3.63) is 53.9 Å². The molecule has 2 aromatic heterocycles. The molecule has 2 heterocycles. The monoisotopic (exact) mass is 325 g/mol. The molecule has 0 spiro atoms. The third-order valence-corrected chi connectivity index (χ3v) is 3.34. The molecule has 3 rings (SSSR count). The second-order valence-electron chi connectivity index (χ2n) is 5.25. The number of ether oxygens (including phenoxy) is 1. The Hall–Kier alpha value is -3.22. The number of anilines is 1. The Kier molecular flexibility index (Phi) is 4.24. The van der Waals surface area contributed by atoms with Crippen molar-refractivity contribution in [3.63, 3.8) is 0 Å². The van der Waals surface area contributed by atoms with Gasteiger partial charge >= 0.3 is 5.97 Å². The molecule has 1 amide bonds. The molecular formula is C17H15N3O4. The number of fused-ring (bicyclic) bond motifs is 1. The number of aryl methyl sites for hydroxylation is 1. The maximum atomic E-state index is 12.2. The molecule has 0 aliphatic heterocycles. The molecule has 1 N–H and O–H groups in total. The van der Waals surface area contributed by atoms with E-state index in [0.717, 1.165) is 5.39 Å². The Morgan fingerprint density at radius 2 is 2.00 bits per heavy atom. The highest BCUT2D eigenvalue weighted by atomic mass is 16.5. The van der Waals surface area contributed by atoms with Crippen LogP contribution in [0.4, 0.5) is 5.82 Å². The average molecular weight is 325 g/mol. The van der Waals surface area contributed by atoms with Gasteiger partial charge in [0.25, 0.3) is 5.91 Å². The first-order valence-corrected chi connectivity index (χ1v) is 7.34. The smallest absolute Gasteiger partial charge is 0.357 e. The molecule has 7 nitrogen and oxygen atoms in total. The van der Waals surface area contributed by atoms with Gasteiger partial charge in [-0.25, -0.2) is 9.78 Å². The van der Waals surface area contributed by atoms with E-state index in [-0.39, 0.29) is 11.5 Å². The molecular weight excluding hydrogens is 310 g/mol. The van der Waals surface area contributed by atoms with Crippen LogP contribution in [0.5, 0.6) is 0 Å². The minimum Gasteiger partial charge on any atom is -0.448 e. The predicted molar refractivity (Wildman–Crippen MR) is 86.5 cm³/mol. The van der Waals surface area contributed by atoms with Gasteiger partial charge in [0.15, 0.2) is 11.9 Å². The lowest BCUT2D eigenvalue weighted by atomic mass is 10.2. The molecule has 0 saturated heterocycles. The number of nitrogens with zero attached hydrogens (tertiary/aromatic N) is 2. The topological polar surface area (TPSA) is 94.3 Å². The van der Waals surface area contributed by atoms with Gasteiger partial charge in [0.1, 0.15) is 11.5 Å². The second kappa shape index (κ2) is 6.49. The fourth-order valence-corrected chi connectivity index (χ4v) is 2.11. The van der Waals surface area contributed by atoms with E-state index in [1.807, 2.05) is 18.2 Å². The maximum absolute atomic E-state index is 12.2. The average Bonchev–Trinajstić information content (AvgIpc) is 2.99. The lowest BCUT2D eigenvalue weighted by Crippen LogP contribution is -2.30. The Morgan fingerprint density at radius 3 is 2.75 bits per heavy atom. The normalized spacial score (nSPS) is 11.9. The van der Waals surface area contributed by atoms with Crippen molar-refractivity contribution in [1.82, 2.24) is 10.1 Å². The van der Waals surface area contributed by atoms with Gasteiger partial charge in [0.2, 0.25) is 0 Å². The predicted octanol–water partition coefficient (Wildman–Crippen LogP) is 2.72. The van der Waals surface area contributed by atoms with E-state index in [0.29, 0.717) is 11.3 Å². The zero-order chi connectivity index (χ0) is 17.1. The lowest BCUT2D eigenvalue weighted by molar-refractivity contribution is -0.123. The summed E-state index contributed by atoms with van der Waals surface area (Å²) in [5.41, 5.74) is 0.827. The largest absolute Gasteiger partial charge is 0.448 e. The summed E-state index contributed by atoms with van der Waals surface area (Å²) in [5, 5.41) is 7.08. The molecule has 1 aromatic carbocycles. The molecule has 0 unspecified atom stereocenters. The van der Waals surface area contributed by atoms with Crippen LogP contribution in [0.2, 0.25) is 0 Å². The molecule has 0 aliphatic carbocycles. The van der Waals surface area contributed by atoms with Gasteiger partial charge in [-0.15, -0.1) is 0 Å². The number of aromatic nitrogens is 2. The van der Waals surface area contributed by atoms with Crippen molar-refractivity contribution >= 4 is 28.6 Å². The number of hydrogen-bond acceptors (Lipinski definition) is 6. The van der Waals surface area contributed by atoms with Crippen LogP contribution in [0.15, 0.2) is 47.0 Å². The standard InChI is InChI=1S/C17H15N3O4/c1-10-9-15(20-24-10)19-16(21)11(2)23-17(22)14-8-7-12-5-3-4-6-13(12)18-14/h3-9,11H,1-2H3,(H,19,20,21)/t11-/m1/s1. The highest BCUT2D eigenvalue weighted by Crippen LogP contribution is 2.13. The van der Waals surface area contributed by atoms with Crippen LogP contribution >= 0.6 is 0 Å². The molecule has 7 heteroatoms. The molecule has 0 fully saturated rings. The van der Waals surface area contributed by atoms with E-state index < -0.39 is 18.0 Å². The lowest BCUT2D eigenvalue weighted by Gasteiger charge is -2.12. The number of amides is 1. The zero-order valence-corrected chi connectivity index (χ0v) is 13.1. The van der Waals surface area contributed by atoms with Crippen molar-refractivity contribution in [1.29, 1.82) is 0 Å². The van der Waals surface area contributed by atoms with Gasteiger partial charge in [0.05, 0.1) is 5.52 Å². The van der Waals surface area contributed by atoms with Crippen LogP contribution in [0, 0.1) is 6.92 Å². The number of carbonyl (C=O) groups is 2. The van der Waals surface area contributed by atoms with E-state index in [1.54, 1.807) is 31.2 Å². The van der Waals surface area contributed by atoms with Gasteiger partial charge in [-0.2, -0.15) is 0 Å². The zero-order valence-electron chi connectivity index (χ0n) is 13.1. The fraction of sp³-hybridized carbons (Fsp3) is 0.176. The van der Waals surface area contributed by atoms with Crippen LogP contribution in [-0.2, 0) is 9.53 Å². The SMILES string of the molecule is Cc1cc(NC(=O)[C@@H](C)OC(=O)c2ccc3ccccc3n2)no1. The first kappa shape index (κ1) is 15.7. The van der Waals surface area contributed by atoms with E-state index >= 15 is 0 Å². The fourth-order valence-electron chi connectivity index (χ4n) is 2.11.